The van der Waals surface area contributed by atoms with Crippen LogP contribution >= 0.6 is 27.3 Å². The third-order valence-corrected chi connectivity index (χ3v) is 5.62. The number of hydrogen-bond donors (Lipinski definition) is 1. The lowest BCUT2D eigenvalue weighted by Gasteiger charge is -2.09. The molecule has 0 saturated carbocycles. The molecular formula is C18H22BrN5O2S. The Morgan fingerprint density at radius 1 is 1.37 bits per heavy atom. The molecule has 0 bridgehead atoms. The first-order valence-corrected chi connectivity index (χ1v) is 10.6. The number of hydrogen-bond acceptors (Lipinski definition) is 6. The molecule has 3 heterocycles. The molecule has 0 spiro atoms. The first kappa shape index (κ1) is 19.8. The average molecular weight is 452 g/mol. The summed E-state index contributed by atoms with van der Waals surface area (Å²) < 4.78 is 8.24. The Hall–Kier alpha value is -2.00. The largest absolute Gasteiger partial charge is 0.454 e. The highest BCUT2D eigenvalue weighted by atomic mass is 79.9. The lowest BCUT2D eigenvalue weighted by Crippen LogP contribution is -2.10. The van der Waals surface area contributed by atoms with Crippen LogP contribution in [0.5, 0.6) is 0 Å². The Labute approximate surface area is 170 Å². The van der Waals surface area contributed by atoms with Crippen LogP contribution in [0.3, 0.4) is 0 Å². The van der Waals surface area contributed by atoms with Gasteiger partial charge in [-0.1, -0.05) is 38.0 Å². The summed E-state index contributed by atoms with van der Waals surface area (Å²) in [6.07, 6.45) is 7.99. The number of unbranched alkanes of at least 4 members (excludes halogenated alkanes) is 1. The number of rotatable bonds is 9. The molecule has 9 heteroatoms. The van der Waals surface area contributed by atoms with Crippen LogP contribution in [0.25, 0.3) is 0 Å². The topological polar surface area (TPSA) is 85.8 Å². The molecule has 27 heavy (non-hydrogen) atoms. The first-order valence-electron chi connectivity index (χ1n) is 9.00. The van der Waals surface area contributed by atoms with Crippen LogP contribution < -0.4 is 5.32 Å². The molecule has 144 valence electrons. The highest BCUT2D eigenvalue weighted by Crippen LogP contribution is 2.30. The standard InChI is InChI=1S/C18H22BrN5O2S/c1-3-5-6-12(4-2)17-22-23-18(27-17)21-16(25)15-8-7-14(26-15)11-24-10-13(19)9-20-24/h7-10,12H,3-6,11H2,1-2H3,(H,21,23,25)/t12-/m1/s1. The molecule has 0 aliphatic heterocycles. The van der Waals surface area contributed by atoms with Crippen LogP contribution in [0, 0.1) is 0 Å². The summed E-state index contributed by atoms with van der Waals surface area (Å²) in [5.41, 5.74) is 0. The van der Waals surface area contributed by atoms with Crippen molar-refractivity contribution in [2.75, 3.05) is 5.32 Å². The first-order chi connectivity index (χ1) is 13.1. The maximum absolute atomic E-state index is 12.4. The maximum Gasteiger partial charge on any atom is 0.293 e. The predicted molar refractivity (Wildman–Crippen MR) is 108 cm³/mol. The van der Waals surface area contributed by atoms with E-state index in [-0.39, 0.29) is 11.7 Å². The highest BCUT2D eigenvalue weighted by Gasteiger charge is 2.18. The fourth-order valence-corrected chi connectivity index (χ4v) is 4.02. The lowest BCUT2D eigenvalue weighted by molar-refractivity contribution is 0.0994. The van der Waals surface area contributed by atoms with Crippen LogP contribution in [0.15, 0.2) is 33.4 Å². The molecule has 3 aromatic heterocycles. The molecular weight excluding hydrogens is 430 g/mol. The smallest absolute Gasteiger partial charge is 0.293 e. The van der Waals surface area contributed by atoms with Gasteiger partial charge >= 0.3 is 0 Å². The average Bonchev–Trinajstić information content (AvgIpc) is 3.38. The zero-order chi connectivity index (χ0) is 19.2. The van der Waals surface area contributed by atoms with E-state index in [0.717, 1.165) is 28.7 Å². The van der Waals surface area contributed by atoms with Crippen molar-refractivity contribution in [3.05, 3.63) is 45.5 Å². The molecule has 0 fully saturated rings. The van der Waals surface area contributed by atoms with Crippen molar-refractivity contribution in [1.82, 2.24) is 20.0 Å². The van der Waals surface area contributed by atoms with Gasteiger partial charge in [0, 0.05) is 12.1 Å². The minimum atomic E-state index is -0.327. The number of nitrogens with one attached hydrogen (secondary N) is 1. The van der Waals surface area contributed by atoms with Gasteiger partial charge in [-0.15, -0.1) is 10.2 Å². The van der Waals surface area contributed by atoms with E-state index in [1.807, 2.05) is 6.20 Å². The second kappa shape index (κ2) is 9.27. The number of anilines is 1. The van der Waals surface area contributed by atoms with Gasteiger partial charge in [-0.05, 0) is 40.9 Å². The van der Waals surface area contributed by atoms with Crippen LogP contribution in [-0.4, -0.2) is 25.9 Å². The van der Waals surface area contributed by atoms with Crippen LogP contribution in [0.4, 0.5) is 5.13 Å². The van der Waals surface area contributed by atoms with E-state index in [4.69, 9.17) is 4.42 Å². The number of amides is 1. The number of nitrogens with zero attached hydrogens (tertiary/aromatic N) is 4. The van der Waals surface area contributed by atoms with Gasteiger partial charge in [-0.25, -0.2) is 0 Å². The van der Waals surface area contributed by atoms with Gasteiger partial charge in [0.05, 0.1) is 17.2 Å². The van der Waals surface area contributed by atoms with Gasteiger partial charge in [0.15, 0.2) is 5.76 Å². The van der Waals surface area contributed by atoms with Gasteiger partial charge in [0.25, 0.3) is 5.91 Å². The molecule has 3 rings (SSSR count). The SMILES string of the molecule is CCCC[C@@H](CC)c1nnc(NC(=O)c2ccc(Cn3cc(Br)cn3)o2)s1. The van der Waals surface area contributed by atoms with Crippen molar-refractivity contribution in [2.24, 2.45) is 0 Å². The van der Waals surface area contributed by atoms with E-state index in [1.54, 1.807) is 23.0 Å². The summed E-state index contributed by atoms with van der Waals surface area (Å²) in [7, 11) is 0. The summed E-state index contributed by atoms with van der Waals surface area (Å²) in [5, 5.41) is 16.8. The number of halogens is 1. The summed E-state index contributed by atoms with van der Waals surface area (Å²) >= 11 is 4.79. The minimum absolute atomic E-state index is 0.242. The van der Waals surface area contributed by atoms with Gasteiger partial charge in [-0.3, -0.25) is 14.8 Å². The van der Waals surface area contributed by atoms with Crippen molar-refractivity contribution in [2.45, 2.75) is 52.0 Å². The van der Waals surface area contributed by atoms with E-state index in [1.165, 1.54) is 17.8 Å². The van der Waals surface area contributed by atoms with Crippen LogP contribution in [0.1, 0.15) is 66.8 Å². The number of carbonyl (C=O) groups is 1. The summed E-state index contributed by atoms with van der Waals surface area (Å²) in [4.78, 5) is 12.4. The van der Waals surface area contributed by atoms with Crippen molar-refractivity contribution in [3.63, 3.8) is 0 Å². The molecule has 1 atom stereocenters. The Balaban J connectivity index is 1.60. The molecule has 0 unspecified atom stereocenters. The Morgan fingerprint density at radius 2 is 2.22 bits per heavy atom. The molecule has 0 radical (unpaired) electrons. The molecule has 0 aromatic carbocycles. The number of carbonyl (C=O) groups excluding carboxylic acids is 1. The maximum atomic E-state index is 12.4. The monoisotopic (exact) mass is 451 g/mol. The predicted octanol–water partition coefficient (Wildman–Crippen LogP) is 5.07. The summed E-state index contributed by atoms with van der Waals surface area (Å²) in [6.45, 7) is 4.79. The summed E-state index contributed by atoms with van der Waals surface area (Å²) in [5.74, 6) is 0.967. The molecule has 1 amide bonds. The van der Waals surface area contributed by atoms with Crippen molar-refractivity contribution < 1.29 is 9.21 Å². The Bertz CT molecular complexity index is 888. The van der Waals surface area contributed by atoms with E-state index < -0.39 is 0 Å². The van der Waals surface area contributed by atoms with Crippen molar-refractivity contribution >= 4 is 38.3 Å². The van der Waals surface area contributed by atoms with Crippen molar-refractivity contribution in [1.29, 1.82) is 0 Å². The normalized spacial score (nSPS) is 12.3. The van der Waals surface area contributed by atoms with Gasteiger partial charge in [0.2, 0.25) is 5.13 Å². The van der Waals surface area contributed by atoms with E-state index in [9.17, 15) is 4.79 Å². The van der Waals surface area contributed by atoms with Gasteiger partial charge in [-0.2, -0.15) is 5.10 Å². The number of aromatic nitrogens is 4. The van der Waals surface area contributed by atoms with Gasteiger partial charge < -0.3 is 4.42 Å². The van der Waals surface area contributed by atoms with Crippen LogP contribution in [-0.2, 0) is 6.54 Å². The second-order valence-electron chi connectivity index (χ2n) is 6.27. The van der Waals surface area contributed by atoms with E-state index in [2.05, 4.69) is 50.4 Å². The minimum Gasteiger partial charge on any atom is -0.454 e. The fourth-order valence-electron chi connectivity index (χ4n) is 2.73. The molecule has 0 saturated heterocycles. The quantitative estimate of drug-likeness (QED) is 0.490. The third kappa shape index (κ3) is 5.26. The number of furan rings is 1. The molecule has 3 aromatic rings. The molecule has 0 aliphatic carbocycles. The molecule has 1 N–H and O–H groups in total. The Kier molecular flexibility index (Phi) is 6.78. The van der Waals surface area contributed by atoms with Crippen molar-refractivity contribution in [3.8, 4) is 0 Å². The third-order valence-electron chi connectivity index (χ3n) is 4.21. The van der Waals surface area contributed by atoms with Gasteiger partial charge in [0.1, 0.15) is 10.8 Å². The second-order valence-corrected chi connectivity index (χ2v) is 8.19. The van der Waals surface area contributed by atoms with E-state index >= 15 is 0 Å². The highest BCUT2D eigenvalue weighted by molar-refractivity contribution is 9.10. The fraction of sp³-hybridized carbons (Fsp3) is 0.444. The zero-order valence-corrected chi connectivity index (χ0v) is 17.7. The zero-order valence-electron chi connectivity index (χ0n) is 15.3. The summed E-state index contributed by atoms with van der Waals surface area (Å²) in [6, 6.07) is 3.43. The van der Waals surface area contributed by atoms with Crippen LogP contribution in [0.2, 0.25) is 0 Å². The lowest BCUT2D eigenvalue weighted by atomic mass is 10.0. The molecule has 0 aliphatic rings. The molecule has 7 nitrogen and oxygen atoms in total. The Morgan fingerprint density at radius 3 is 2.93 bits per heavy atom. The van der Waals surface area contributed by atoms with E-state index in [0.29, 0.717) is 23.4 Å².